The van der Waals surface area contributed by atoms with E-state index in [1.165, 1.54) is 11.5 Å². The molecule has 0 atom stereocenters. The average molecular weight is 211 g/mol. The lowest BCUT2D eigenvalue weighted by molar-refractivity contribution is 1.52. The second-order valence-electron chi connectivity index (χ2n) is 2.62. The number of nitrogen functional groups attached to an aromatic ring is 1. The largest absolute Gasteiger partial charge is 0.389 e. The maximum absolute atomic E-state index is 5.85. The van der Waals surface area contributed by atoms with Crippen molar-refractivity contribution < 1.29 is 0 Å². The number of anilines is 1. The van der Waals surface area contributed by atoms with Crippen LogP contribution in [-0.2, 0) is 0 Å². The first kappa shape index (κ1) is 8.53. The number of halogens is 1. The molecule has 0 aliphatic rings. The molecule has 0 amide bonds. The quantitative estimate of drug-likeness (QED) is 0.786. The van der Waals surface area contributed by atoms with Crippen molar-refractivity contribution >= 4 is 28.1 Å². The van der Waals surface area contributed by atoms with Crippen LogP contribution in [0.5, 0.6) is 0 Å². The normalized spacial score (nSPS) is 10.2. The second kappa shape index (κ2) is 3.36. The predicted octanol–water partition coefficient (Wildman–Crippen LogP) is 3.05. The lowest BCUT2D eigenvalue weighted by atomic mass is 10.1. The zero-order valence-corrected chi connectivity index (χ0v) is 8.27. The van der Waals surface area contributed by atoms with Gasteiger partial charge >= 0.3 is 0 Å². The maximum atomic E-state index is 5.85. The van der Waals surface area contributed by atoms with Crippen LogP contribution in [0.15, 0.2) is 30.3 Å². The molecule has 0 radical (unpaired) electrons. The molecule has 1 heterocycles. The van der Waals surface area contributed by atoms with Gasteiger partial charge in [-0.2, -0.15) is 4.37 Å². The topological polar surface area (TPSA) is 38.9 Å². The third-order valence-electron chi connectivity index (χ3n) is 1.65. The zero-order chi connectivity index (χ0) is 9.26. The number of hydrogen-bond acceptors (Lipinski definition) is 3. The molecule has 2 N–H and O–H groups in total. The van der Waals surface area contributed by atoms with Gasteiger partial charge in [0.1, 0.15) is 5.00 Å². The summed E-state index contributed by atoms with van der Waals surface area (Å²) in [6.45, 7) is 0. The summed E-state index contributed by atoms with van der Waals surface area (Å²) in [4.78, 5) is 0. The van der Waals surface area contributed by atoms with Crippen LogP contribution in [0.2, 0.25) is 5.02 Å². The number of hydrogen-bond donors (Lipinski definition) is 1. The van der Waals surface area contributed by atoms with E-state index in [1.807, 2.05) is 30.3 Å². The Balaban J connectivity index is 2.46. The van der Waals surface area contributed by atoms with Crippen LogP contribution in [0.4, 0.5) is 5.00 Å². The number of rotatable bonds is 1. The first-order valence-electron chi connectivity index (χ1n) is 3.74. The molecule has 2 aromatic rings. The standard InChI is InChI=1S/C9H7ClN2S/c10-7-3-1-2-6(4-7)8-5-9(11)13-12-8/h1-5H,11H2. The molecule has 0 aliphatic heterocycles. The Morgan fingerprint density at radius 3 is 2.77 bits per heavy atom. The first-order chi connectivity index (χ1) is 6.25. The van der Waals surface area contributed by atoms with Gasteiger partial charge in [0.25, 0.3) is 0 Å². The highest BCUT2D eigenvalue weighted by atomic mass is 35.5. The Morgan fingerprint density at radius 1 is 1.31 bits per heavy atom. The van der Waals surface area contributed by atoms with Crippen LogP contribution < -0.4 is 5.73 Å². The number of nitrogens with zero attached hydrogens (tertiary/aromatic N) is 1. The van der Waals surface area contributed by atoms with Gasteiger partial charge in [0.05, 0.1) is 5.69 Å². The van der Waals surface area contributed by atoms with Gasteiger partial charge in [-0.15, -0.1) is 0 Å². The molecule has 0 unspecified atom stereocenters. The van der Waals surface area contributed by atoms with Crippen molar-refractivity contribution in [1.29, 1.82) is 0 Å². The van der Waals surface area contributed by atoms with Gasteiger partial charge in [-0.1, -0.05) is 23.7 Å². The highest BCUT2D eigenvalue weighted by Crippen LogP contribution is 2.25. The van der Waals surface area contributed by atoms with E-state index in [4.69, 9.17) is 17.3 Å². The van der Waals surface area contributed by atoms with Gasteiger partial charge in [-0.3, -0.25) is 0 Å². The fourth-order valence-electron chi connectivity index (χ4n) is 1.07. The molecule has 0 saturated carbocycles. The van der Waals surface area contributed by atoms with Crippen molar-refractivity contribution in [3.05, 3.63) is 35.4 Å². The van der Waals surface area contributed by atoms with Crippen LogP contribution in [-0.4, -0.2) is 4.37 Å². The Labute approximate surface area is 85.1 Å². The lowest BCUT2D eigenvalue weighted by Gasteiger charge is -1.95. The van der Waals surface area contributed by atoms with Gasteiger partial charge in [0.15, 0.2) is 0 Å². The maximum Gasteiger partial charge on any atom is 0.107 e. The predicted molar refractivity (Wildman–Crippen MR) is 57.0 cm³/mol. The molecule has 2 rings (SSSR count). The molecular weight excluding hydrogens is 204 g/mol. The molecule has 0 aliphatic carbocycles. The van der Waals surface area contributed by atoms with Crippen molar-refractivity contribution in [2.75, 3.05) is 5.73 Å². The van der Waals surface area contributed by atoms with Crippen molar-refractivity contribution in [3.8, 4) is 11.3 Å². The molecule has 1 aromatic carbocycles. The van der Waals surface area contributed by atoms with E-state index in [1.54, 1.807) is 0 Å². The van der Waals surface area contributed by atoms with E-state index in [0.717, 1.165) is 16.3 Å². The highest BCUT2D eigenvalue weighted by molar-refractivity contribution is 7.10. The summed E-state index contributed by atoms with van der Waals surface area (Å²) in [6, 6.07) is 9.40. The molecule has 0 saturated heterocycles. The minimum absolute atomic E-state index is 0.712. The molecule has 0 fully saturated rings. The third-order valence-corrected chi connectivity index (χ3v) is 2.50. The number of aromatic nitrogens is 1. The Kier molecular flexibility index (Phi) is 2.20. The summed E-state index contributed by atoms with van der Waals surface area (Å²) in [6.07, 6.45) is 0. The number of nitrogens with two attached hydrogens (primary N) is 1. The smallest absolute Gasteiger partial charge is 0.107 e. The number of benzene rings is 1. The van der Waals surface area contributed by atoms with E-state index < -0.39 is 0 Å². The fraction of sp³-hybridized carbons (Fsp3) is 0. The molecule has 2 nitrogen and oxygen atoms in total. The highest BCUT2D eigenvalue weighted by Gasteiger charge is 2.01. The molecule has 13 heavy (non-hydrogen) atoms. The van der Waals surface area contributed by atoms with Gasteiger partial charge in [0, 0.05) is 16.7 Å². The summed E-state index contributed by atoms with van der Waals surface area (Å²) < 4.78 is 4.19. The SMILES string of the molecule is Nc1cc(-c2cccc(Cl)c2)ns1. The van der Waals surface area contributed by atoms with Crippen molar-refractivity contribution in [2.24, 2.45) is 0 Å². The van der Waals surface area contributed by atoms with Crippen molar-refractivity contribution in [1.82, 2.24) is 4.37 Å². The van der Waals surface area contributed by atoms with E-state index in [2.05, 4.69) is 4.37 Å². The monoisotopic (exact) mass is 210 g/mol. The minimum Gasteiger partial charge on any atom is -0.389 e. The van der Waals surface area contributed by atoms with Gasteiger partial charge in [-0.25, -0.2) is 0 Å². The summed E-state index contributed by atoms with van der Waals surface area (Å²) in [5.74, 6) is 0. The van der Waals surface area contributed by atoms with Gasteiger partial charge in [0.2, 0.25) is 0 Å². The summed E-state index contributed by atoms with van der Waals surface area (Å²) in [5.41, 5.74) is 7.46. The summed E-state index contributed by atoms with van der Waals surface area (Å²) >= 11 is 7.14. The summed E-state index contributed by atoms with van der Waals surface area (Å²) in [5, 5.41) is 1.43. The van der Waals surface area contributed by atoms with Crippen LogP contribution >= 0.6 is 23.1 Å². The third kappa shape index (κ3) is 1.82. The van der Waals surface area contributed by atoms with Crippen molar-refractivity contribution in [3.63, 3.8) is 0 Å². The van der Waals surface area contributed by atoms with Gasteiger partial charge in [-0.05, 0) is 23.7 Å². The lowest BCUT2D eigenvalue weighted by Crippen LogP contribution is -1.77. The Morgan fingerprint density at radius 2 is 2.15 bits per heavy atom. The molecule has 66 valence electrons. The zero-order valence-electron chi connectivity index (χ0n) is 6.70. The van der Waals surface area contributed by atoms with E-state index >= 15 is 0 Å². The molecule has 0 spiro atoms. The molecular formula is C9H7ClN2S. The van der Waals surface area contributed by atoms with Crippen LogP contribution in [0.3, 0.4) is 0 Å². The molecule has 0 bridgehead atoms. The minimum atomic E-state index is 0.712. The Bertz CT molecular complexity index is 425. The van der Waals surface area contributed by atoms with Crippen LogP contribution in [0.25, 0.3) is 11.3 Å². The van der Waals surface area contributed by atoms with Gasteiger partial charge < -0.3 is 5.73 Å². The fourth-order valence-corrected chi connectivity index (χ4v) is 1.79. The van der Waals surface area contributed by atoms with Crippen LogP contribution in [0, 0.1) is 0 Å². The van der Waals surface area contributed by atoms with E-state index in [0.29, 0.717) is 5.02 Å². The van der Waals surface area contributed by atoms with Crippen molar-refractivity contribution in [2.45, 2.75) is 0 Å². The molecule has 4 heteroatoms. The first-order valence-corrected chi connectivity index (χ1v) is 4.89. The second-order valence-corrected chi connectivity index (χ2v) is 3.90. The van der Waals surface area contributed by atoms with E-state index in [-0.39, 0.29) is 0 Å². The average Bonchev–Trinajstić information content (AvgIpc) is 2.52. The summed E-state index contributed by atoms with van der Waals surface area (Å²) in [7, 11) is 0. The van der Waals surface area contributed by atoms with E-state index in [9.17, 15) is 0 Å². The molecule has 1 aromatic heterocycles. The van der Waals surface area contributed by atoms with Crippen LogP contribution in [0.1, 0.15) is 0 Å². The Hall–Kier alpha value is -1.06.